The zero-order chi connectivity index (χ0) is 21.9. The summed E-state index contributed by atoms with van der Waals surface area (Å²) in [6, 6.07) is 11.0. The molecule has 0 unspecified atom stereocenters. The summed E-state index contributed by atoms with van der Waals surface area (Å²) in [7, 11) is 0. The smallest absolute Gasteiger partial charge is 0.225 e. The van der Waals surface area contributed by atoms with Gasteiger partial charge < -0.3 is 19.9 Å². The van der Waals surface area contributed by atoms with E-state index in [9.17, 15) is 4.39 Å². The third kappa shape index (κ3) is 2.76. The number of benzene rings is 1. The van der Waals surface area contributed by atoms with Gasteiger partial charge in [-0.2, -0.15) is 4.39 Å². The molecule has 2 N–H and O–H groups in total. The van der Waals surface area contributed by atoms with E-state index in [1.165, 1.54) is 6.20 Å². The summed E-state index contributed by atoms with van der Waals surface area (Å²) in [4.78, 5) is 13.3. The zero-order valence-electron chi connectivity index (χ0n) is 17.5. The molecule has 0 saturated carbocycles. The SMILES string of the molecule is CC1(c2cnc3c(c2)[C@]2(COCC(N)=N2)c2cc(-c4cccnc4F)ccc2O3)COC1. The molecule has 0 amide bonds. The number of hydrogen-bond donors (Lipinski definition) is 1. The molecule has 7 nitrogen and oxygen atoms in total. The molecule has 1 aromatic carbocycles. The predicted molar refractivity (Wildman–Crippen MR) is 115 cm³/mol. The molecule has 8 heteroatoms. The summed E-state index contributed by atoms with van der Waals surface area (Å²) in [5.74, 6) is 0.901. The molecule has 3 aliphatic heterocycles. The van der Waals surface area contributed by atoms with Crippen molar-refractivity contribution in [2.45, 2.75) is 17.9 Å². The Kier molecular flexibility index (Phi) is 4.12. The van der Waals surface area contributed by atoms with E-state index in [1.807, 2.05) is 12.3 Å². The van der Waals surface area contributed by atoms with Crippen molar-refractivity contribution in [3.63, 3.8) is 0 Å². The van der Waals surface area contributed by atoms with Crippen LogP contribution in [0.3, 0.4) is 0 Å². The molecular weight excluding hydrogens is 411 g/mol. The summed E-state index contributed by atoms with van der Waals surface area (Å²) in [6.07, 6.45) is 3.26. The van der Waals surface area contributed by atoms with E-state index in [-0.39, 0.29) is 18.6 Å². The third-order valence-corrected chi connectivity index (χ3v) is 6.43. The molecule has 2 aromatic heterocycles. The lowest BCUT2D eigenvalue weighted by atomic mass is 9.76. The van der Waals surface area contributed by atoms with E-state index in [0.717, 1.165) is 16.7 Å². The Labute approximate surface area is 184 Å². The van der Waals surface area contributed by atoms with Crippen LogP contribution in [0.4, 0.5) is 4.39 Å². The Morgan fingerprint density at radius 2 is 1.91 bits per heavy atom. The minimum Gasteiger partial charge on any atom is -0.438 e. The maximum absolute atomic E-state index is 14.4. The molecule has 0 radical (unpaired) electrons. The van der Waals surface area contributed by atoms with Crippen molar-refractivity contribution in [2.75, 3.05) is 26.4 Å². The van der Waals surface area contributed by atoms with Crippen molar-refractivity contribution in [3.8, 4) is 22.8 Å². The van der Waals surface area contributed by atoms with Gasteiger partial charge in [0, 0.05) is 34.5 Å². The Hall–Kier alpha value is -3.36. The third-order valence-electron chi connectivity index (χ3n) is 6.43. The van der Waals surface area contributed by atoms with Gasteiger partial charge in [-0.15, -0.1) is 0 Å². The lowest BCUT2D eigenvalue weighted by molar-refractivity contribution is -0.0502. The first kappa shape index (κ1) is 19.3. The van der Waals surface area contributed by atoms with Crippen molar-refractivity contribution in [1.29, 1.82) is 0 Å². The normalized spacial score (nSPS) is 22.9. The highest BCUT2D eigenvalue weighted by molar-refractivity contribution is 5.84. The van der Waals surface area contributed by atoms with Crippen LogP contribution in [0.25, 0.3) is 11.1 Å². The number of amidine groups is 1. The molecule has 1 spiro atoms. The molecule has 1 atom stereocenters. The molecule has 3 aromatic rings. The van der Waals surface area contributed by atoms with Gasteiger partial charge in [-0.1, -0.05) is 13.0 Å². The molecule has 0 bridgehead atoms. The van der Waals surface area contributed by atoms with Crippen LogP contribution in [0.2, 0.25) is 0 Å². The Morgan fingerprint density at radius 3 is 2.66 bits per heavy atom. The number of nitrogens with two attached hydrogens (primary N) is 1. The topological polar surface area (TPSA) is 91.9 Å². The first-order valence-electron chi connectivity index (χ1n) is 10.4. The van der Waals surface area contributed by atoms with Crippen LogP contribution < -0.4 is 10.5 Å². The zero-order valence-corrected chi connectivity index (χ0v) is 17.5. The number of ether oxygens (including phenoxy) is 3. The van der Waals surface area contributed by atoms with E-state index in [2.05, 4.69) is 23.0 Å². The van der Waals surface area contributed by atoms with Crippen molar-refractivity contribution in [3.05, 3.63) is 71.4 Å². The van der Waals surface area contributed by atoms with Gasteiger partial charge in [-0.05, 0) is 41.5 Å². The summed E-state index contributed by atoms with van der Waals surface area (Å²) < 4.78 is 31.9. The van der Waals surface area contributed by atoms with Gasteiger partial charge in [0.05, 0.1) is 19.8 Å². The fourth-order valence-electron chi connectivity index (χ4n) is 4.58. The molecule has 3 aliphatic rings. The van der Waals surface area contributed by atoms with Crippen LogP contribution >= 0.6 is 0 Å². The summed E-state index contributed by atoms with van der Waals surface area (Å²) in [6.45, 7) is 3.92. The van der Waals surface area contributed by atoms with E-state index in [0.29, 0.717) is 41.8 Å². The minimum absolute atomic E-state index is 0.116. The molecule has 32 heavy (non-hydrogen) atoms. The van der Waals surface area contributed by atoms with Crippen molar-refractivity contribution >= 4 is 5.84 Å². The Balaban J connectivity index is 1.57. The first-order chi connectivity index (χ1) is 15.5. The molecule has 1 fully saturated rings. The van der Waals surface area contributed by atoms with Crippen LogP contribution in [0.15, 0.2) is 53.8 Å². The second kappa shape index (κ2) is 6.82. The average molecular weight is 432 g/mol. The number of pyridine rings is 2. The van der Waals surface area contributed by atoms with Crippen molar-refractivity contribution in [1.82, 2.24) is 9.97 Å². The van der Waals surface area contributed by atoms with Crippen molar-refractivity contribution in [2.24, 2.45) is 10.7 Å². The van der Waals surface area contributed by atoms with Gasteiger partial charge in [0.2, 0.25) is 11.8 Å². The van der Waals surface area contributed by atoms with E-state index >= 15 is 0 Å². The molecule has 162 valence electrons. The summed E-state index contributed by atoms with van der Waals surface area (Å²) in [5, 5.41) is 0. The molecule has 5 heterocycles. The second-order valence-electron chi connectivity index (χ2n) is 8.74. The number of hydrogen-bond acceptors (Lipinski definition) is 7. The fourth-order valence-corrected chi connectivity index (χ4v) is 4.58. The highest BCUT2D eigenvalue weighted by Crippen LogP contribution is 2.51. The van der Waals surface area contributed by atoms with Crippen LogP contribution in [0.1, 0.15) is 23.6 Å². The highest BCUT2D eigenvalue weighted by Gasteiger charge is 2.47. The molecule has 0 aliphatic carbocycles. The Bertz CT molecular complexity index is 1270. The number of halogens is 1. The van der Waals surface area contributed by atoms with Gasteiger partial charge in [0.25, 0.3) is 0 Å². The second-order valence-corrected chi connectivity index (χ2v) is 8.74. The van der Waals surface area contributed by atoms with Crippen LogP contribution in [-0.4, -0.2) is 42.2 Å². The monoisotopic (exact) mass is 432 g/mol. The number of rotatable bonds is 2. The molecule has 6 rings (SSSR count). The maximum atomic E-state index is 14.4. The minimum atomic E-state index is -0.941. The standard InChI is InChI=1S/C24H21FN4O3/c1-23(11-31-12-23)15-8-18-22(28-9-15)32-19-5-4-14(16-3-2-6-27-21(16)25)7-17(19)24(18)13-30-10-20(26)29-24/h2-9H,10-13H2,1H3,(H2,26,29)/t24-/m0/s1. The number of aliphatic imine (C=N–C) groups is 1. The lowest BCUT2D eigenvalue weighted by Gasteiger charge is -2.42. The van der Waals surface area contributed by atoms with Crippen LogP contribution in [-0.2, 0) is 20.4 Å². The van der Waals surface area contributed by atoms with Crippen LogP contribution in [0, 0.1) is 5.95 Å². The highest BCUT2D eigenvalue weighted by atomic mass is 19.1. The number of nitrogens with zero attached hydrogens (tertiary/aromatic N) is 3. The number of aromatic nitrogens is 2. The average Bonchev–Trinajstić information content (AvgIpc) is 2.78. The molecular formula is C24H21FN4O3. The van der Waals surface area contributed by atoms with E-state index < -0.39 is 11.5 Å². The Morgan fingerprint density at radius 1 is 1.03 bits per heavy atom. The van der Waals surface area contributed by atoms with Gasteiger partial charge in [0.15, 0.2) is 0 Å². The van der Waals surface area contributed by atoms with E-state index in [4.69, 9.17) is 24.9 Å². The van der Waals surface area contributed by atoms with Gasteiger partial charge in [0.1, 0.15) is 23.7 Å². The van der Waals surface area contributed by atoms with Gasteiger partial charge in [-0.3, -0.25) is 4.99 Å². The molecule has 1 saturated heterocycles. The quantitative estimate of drug-likeness (QED) is 0.625. The number of fused-ring (bicyclic) bond motifs is 4. The first-order valence-corrected chi connectivity index (χ1v) is 10.4. The summed E-state index contributed by atoms with van der Waals surface area (Å²) >= 11 is 0. The van der Waals surface area contributed by atoms with Crippen molar-refractivity contribution < 1.29 is 18.6 Å². The lowest BCUT2D eigenvalue weighted by Crippen LogP contribution is -2.45. The summed E-state index contributed by atoms with van der Waals surface area (Å²) in [5.41, 5.74) is 8.75. The van der Waals surface area contributed by atoms with Crippen LogP contribution in [0.5, 0.6) is 11.6 Å². The van der Waals surface area contributed by atoms with Gasteiger partial charge >= 0.3 is 0 Å². The fraction of sp³-hybridized carbons (Fsp3) is 0.292. The largest absolute Gasteiger partial charge is 0.438 e. The predicted octanol–water partition coefficient (Wildman–Crippen LogP) is 3.31. The maximum Gasteiger partial charge on any atom is 0.225 e. The van der Waals surface area contributed by atoms with Gasteiger partial charge in [-0.25, -0.2) is 9.97 Å². The van der Waals surface area contributed by atoms with E-state index in [1.54, 1.807) is 24.3 Å².